The van der Waals surface area contributed by atoms with Crippen molar-refractivity contribution < 1.29 is 19.2 Å². The van der Waals surface area contributed by atoms with Gasteiger partial charge in [-0.25, -0.2) is 0 Å². The van der Waals surface area contributed by atoms with Crippen LogP contribution in [0.15, 0.2) is 23.1 Å². The van der Waals surface area contributed by atoms with Crippen LogP contribution in [-0.4, -0.2) is 59.7 Å². The number of nitrogens with two attached hydrogens (primary N) is 2. The van der Waals surface area contributed by atoms with Crippen molar-refractivity contribution in [2.75, 3.05) is 32.0 Å². The minimum atomic E-state index is -0.734. The van der Waals surface area contributed by atoms with Crippen LogP contribution in [0, 0.1) is 10.1 Å². The maximum Gasteiger partial charge on any atom is 0.283 e. The average molecular weight is 396 g/mol. The normalized spacial score (nSPS) is 14.9. The number of nitro groups is 1. The van der Waals surface area contributed by atoms with E-state index in [9.17, 15) is 19.7 Å². The van der Waals surface area contributed by atoms with Crippen LogP contribution < -0.4 is 11.5 Å². The van der Waals surface area contributed by atoms with Crippen molar-refractivity contribution in [1.82, 2.24) is 4.90 Å². The number of benzene rings is 1. The lowest BCUT2D eigenvalue weighted by Crippen LogP contribution is -2.41. The van der Waals surface area contributed by atoms with E-state index >= 15 is 0 Å². The fourth-order valence-corrected chi connectivity index (χ4v) is 3.68. The van der Waals surface area contributed by atoms with E-state index in [0.717, 1.165) is 37.1 Å². The molecule has 0 saturated carbocycles. The number of piperidine rings is 1. The molecule has 0 unspecified atom stereocenters. The quantitative estimate of drug-likeness (QED) is 0.276. The Morgan fingerprint density at radius 2 is 2.04 bits per heavy atom. The van der Waals surface area contributed by atoms with E-state index in [-0.39, 0.29) is 29.0 Å². The molecule has 148 valence electrons. The Hall–Kier alpha value is -2.17. The molecule has 0 aliphatic carbocycles. The van der Waals surface area contributed by atoms with Gasteiger partial charge in [0.15, 0.2) is 0 Å². The van der Waals surface area contributed by atoms with Gasteiger partial charge in [-0.15, -0.1) is 11.8 Å². The first-order valence-electron chi connectivity index (χ1n) is 8.73. The molecule has 1 aromatic carbocycles. The van der Waals surface area contributed by atoms with Crippen LogP contribution in [0.2, 0.25) is 0 Å². The van der Waals surface area contributed by atoms with Crippen molar-refractivity contribution in [1.29, 1.82) is 0 Å². The molecule has 0 aromatic heterocycles. The van der Waals surface area contributed by atoms with Crippen LogP contribution in [0.5, 0.6) is 0 Å². The number of ether oxygens (including phenoxy) is 1. The topological polar surface area (TPSA) is 142 Å². The third-order valence-corrected chi connectivity index (χ3v) is 5.34. The molecule has 1 aromatic rings. The molecule has 1 aliphatic heterocycles. The summed E-state index contributed by atoms with van der Waals surface area (Å²) in [5.74, 6) is -0.717. The van der Waals surface area contributed by atoms with Crippen LogP contribution >= 0.6 is 11.8 Å². The van der Waals surface area contributed by atoms with Crippen molar-refractivity contribution in [3.8, 4) is 0 Å². The van der Waals surface area contributed by atoms with Gasteiger partial charge in [0.25, 0.3) is 5.69 Å². The molecule has 0 radical (unpaired) electrons. The van der Waals surface area contributed by atoms with Crippen molar-refractivity contribution in [2.24, 2.45) is 11.5 Å². The van der Waals surface area contributed by atoms with Gasteiger partial charge in [-0.3, -0.25) is 19.7 Å². The first-order valence-corrected chi connectivity index (χ1v) is 9.71. The number of primary amides is 1. The fourth-order valence-electron chi connectivity index (χ4n) is 2.77. The summed E-state index contributed by atoms with van der Waals surface area (Å²) in [5.41, 5.74) is 10.4. The molecule has 1 fully saturated rings. The van der Waals surface area contributed by atoms with E-state index in [1.165, 1.54) is 12.1 Å². The van der Waals surface area contributed by atoms with Gasteiger partial charge in [0.1, 0.15) is 0 Å². The van der Waals surface area contributed by atoms with E-state index in [4.69, 9.17) is 16.2 Å². The fraction of sp³-hybridized carbons (Fsp3) is 0.529. The molecule has 4 N–H and O–H groups in total. The van der Waals surface area contributed by atoms with Crippen LogP contribution in [0.25, 0.3) is 0 Å². The lowest BCUT2D eigenvalue weighted by atomic mass is 10.1. The first kappa shape index (κ1) is 21.1. The summed E-state index contributed by atoms with van der Waals surface area (Å²) in [5, 5.41) is 11.2. The third kappa shape index (κ3) is 6.19. The molecule has 2 amide bonds. The zero-order valence-corrected chi connectivity index (χ0v) is 15.8. The molecule has 0 bridgehead atoms. The number of rotatable bonds is 9. The molecular weight excluding hydrogens is 372 g/mol. The highest BCUT2D eigenvalue weighted by atomic mass is 32.2. The lowest BCUT2D eigenvalue weighted by Gasteiger charge is -2.32. The molecule has 1 heterocycles. The SMILES string of the molecule is NCCCOC1CCN(C(=O)CSc2ccc(C(N)=O)cc2[N+](=O)[O-])CC1. The minimum absolute atomic E-state index is 0.0640. The summed E-state index contributed by atoms with van der Waals surface area (Å²) in [6.45, 7) is 2.45. The van der Waals surface area contributed by atoms with E-state index in [1.807, 2.05) is 0 Å². The molecule has 2 rings (SSSR count). The maximum atomic E-state index is 12.4. The number of hydrogen-bond acceptors (Lipinski definition) is 7. The number of carbonyl (C=O) groups is 2. The molecule has 1 saturated heterocycles. The summed E-state index contributed by atoms with van der Waals surface area (Å²) in [6.07, 6.45) is 2.52. The third-order valence-electron chi connectivity index (χ3n) is 4.29. The Balaban J connectivity index is 1.87. The van der Waals surface area contributed by atoms with Crippen molar-refractivity contribution >= 4 is 29.3 Å². The van der Waals surface area contributed by atoms with Gasteiger partial charge < -0.3 is 21.1 Å². The second-order valence-electron chi connectivity index (χ2n) is 6.19. The average Bonchev–Trinajstić information content (AvgIpc) is 2.66. The second kappa shape index (κ2) is 10.2. The van der Waals surface area contributed by atoms with Gasteiger partial charge in [0.05, 0.1) is 21.7 Å². The predicted molar refractivity (Wildman–Crippen MR) is 102 cm³/mol. The first-order chi connectivity index (χ1) is 12.9. The Labute approximate surface area is 161 Å². The van der Waals surface area contributed by atoms with Crippen LogP contribution in [0.4, 0.5) is 5.69 Å². The second-order valence-corrected chi connectivity index (χ2v) is 7.20. The number of thioether (sulfide) groups is 1. The Bertz CT molecular complexity index is 692. The zero-order chi connectivity index (χ0) is 19.8. The number of carbonyl (C=O) groups excluding carboxylic acids is 2. The highest BCUT2D eigenvalue weighted by Crippen LogP contribution is 2.30. The standard InChI is InChI=1S/C17H24N4O5S/c18-6-1-9-26-13-4-7-20(8-5-13)16(22)11-27-15-3-2-12(17(19)23)10-14(15)21(24)25/h2-3,10,13H,1,4-9,11,18H2,(H2,19,23). The summed E-state index contributed by atoms with van der Waals surface area (Å²) in [6, 6.07) is 4.01. The summed E-state index contributed by atoms with van der Waals surface area (Å²) in [4.78, 5) is 36.3. The highest BCUT2D eigenvalue weighted by molar-refractivity contribution is 8.00. The molecular formula is C17H24N4O5S. The number of hydrogen-bond donors (Lipinski definition) is 2. The predicted octanol–water partition coefficient (Wildman–Crippen LogP) is 1.14. The summed E-state index contributed by atoms with van der Waals surface area (Å²) in [7, 11) is 0. The largest absolute Gasteiger partial charge is 0.378 e. The van der Waals surface area contributed by atoms with Gasteiger partial charge in [-0.2, -0.15) is 0 Å². The van der Waals surface area contributed by atoms with Crippen molar-refractivity contribution in [2.45, 2.75) is 30.3 Å². The van der Waals surface area contributed by atoms with Gasteiger partial charge in [0.2, 0.25) is 11.8 Å². The van der Waals surface area contributed by atoms with Gasteiger partial charge in [0, 0.05) is 31.3 Å². The molecule has 10 heteroatoms. The van der Waals surface area contributed by atoms with Crippen molar-refractivity contribution in [3.05, 3.63) is 33.9 Å². The van der Waals surface area contributed by atoms with Crippen LogP contribution in [-0.2, 0) is 9.53 Å². The molecule has 0 spiro atoms. The monoisotopic (exact) mass is 396 g/mol. The molecule has 9 nitrogen and oxygen atoms in total. The van der Waals surface area contributed by atoms with Gasteiger partial charge in [-0.05, 0) is 37.9 Å². The van der Waals surface area contributed by atoms with Gasteiger partial charge in [-0.1, -0.05) is 0 Å². The maximum absolute atomic E-state index is 12.4. The Kier molecular flexibility index (Phi) is 8.01. The smallest absolute Gasteiger partial charge is 0.283 e. The van der Waals surface area contributed by atoms with Crippen LogP contribution in [0.3, 0.4) is 0 Å². The number of likely N-dealkylation sites (tertiary alicyclic amines) is 1. The van der Waals surface area contributed by atoms with Crippen LogP contribution in [0.1, 0.15) is 29.6 Å². The zero-order valence-electron chi connectivity index (χ0n) is 15.0. The van der Waals surface area contributed by atoms with Gasteiger partial charge >= 0.3 is 0 Å². The summed E-state index contributed by atoms with van der Waals surface area (Å²) < 4.78 is 5.72. The highest BCUT2D eigenvalue weighted by Gasteiger charge is 2.24. The Morgan fingerprint density at radius 1 is 1.33 bits per heavy atom. The molecule has 1 aliphatic rings. The Morgan fingerprint density at radius 3 is 2.63 bits per heavy atom. The number of nitrogens with zero attached hydrogens (tertiary/aromatic N) is 2. The van der Waals surface area contributed by atoms with E-state index in [0.29, 0.717) is 31.1 Å². The summed E-state index contributed by atoms with van der Waals surface area (Å²) >= 11 is 1.09. The number of nitro benzene ring substituents is 1. The molecule has 27 heavy (non-hydrogen) atoms. The minimum Gasteiger partial charge on any atom is -0.378 e. The van der Waals surface area contributed by atoms with E-state index in [2.05, 4.69) is 0 Å². The van der Waals surface area contributed by atoms with Crippen molar-refractivity contribution in [3.63, 3.8) is 0 Å². The molecule has 0 atom stereocenters. The lowest BCUT2D eigenvalue weighted by molar-refractivity contribution is -0.387. The number of amides is 2. The van der Waals surface area contributed by atoms with E-state index < -0.39 is 10.8 Å². The van der Waals surface area contributed by atoms with E-state index in [1.54, 1.807) is 4.90 Å².